The number of carbonyl (C=O) groups excluding carboxylic acids is 4. The lowest BCUT2D eigenvalue weighted by Crippen LogP contribution is -2.53. The third-order valence-corrected chi connectivity index (χ3v) is 11.7. The highest BCUT2D eigenvalue weighted by atomic mass is 35.5. The molecule has 2 N–H and O–H groups in total. The Morgan fingerprint density at radius 1 is 0.833 bits per heavy atom. The van der Waals surface area contributed by atoms with E-state index >= 15 is 4.79 Å². The number of hydrazine groups is 1. The SMILES string of the molecule is O=C1C2CC3C(=CCC4C(=O)N(C5CCCCC5)C(=O)C43)C(c3ccccc3O)C2(c2ccc(Cl)cc2)C(=O)N1Nc1ccc(F)cc1. The van der Waals surface area contributed by atoms with E-state index in [-0.39, 0.29) is 30.0 Å². The maximum atomic E-state index is 15.1. The maximum Gasteiger partial charge on any atom is 0.260 e. The molecule has 10 heteroatoms. The molecule has 246 valence electrons. The Morgan fingerprint density at radius 3 is 2.25 bits per heavy atom. The lowest BCUT2D eigenvalue weighted by molar-refractivity contribution is -0.144. The molecule has 4 fully saturated rings. The number of rotatable bonds is 5. The minimum atomic E-state index is -1.53. The molecule has 0 radical (unpaired) electrons. The molecular weight excluding hydrogens is 633 g/mol. The van der Waals surface area contributed by atoms with Crippen molar-refractivity contribution in [1.29, 1.82) is 0 Å². The third kappa shape index (κ3) is 4.46. The van der Waals surface area contributed by atoms with Gasteiger partial charge in [0.1, 0.15) is 11.6 Å². The molecule has 6 atom stereocenters. The highest BCUT2D eigenvalue weighted by Gasteiger charge is 2.70. The van der Waals surface area contributed by atoms with Crippen LogP contribution in [-0.4, -0.2) is 44.7 Å². The molecule has 4 amide bonds. The highest BCUT2D eigenvalue weighted by Crippen LogP contribution is 2.65. The van der Waals surface area contributed by atoms with E-state index in [1.807, 2.05) is 6.08 Å². The summed E-state index contributed by atoms with van der Waals surface area (Å²) >= 11 is 6.33. The van der Waals surface area contributed by atoms with Crippen LogP contribution in [0.5, 0.6) is 5.75 Å². The number of benzene rings is 3. The number of para-hydroxylation sites is 1. The average Bonchev–Trinajstić information content (AvgIpc) is 3.47. The Balaban J connectivity index is 1.31. The van der Waals surface area contributed by atoms with E-state index in [1.54, 1.807) is 48.5 Å². The fourth-order valence-corrected chi connectivity index (χ4v) is 9.58. The predicted molar refractivity (Wildman–Crippen MR) is 176 cm³/mol. The summed E-state index contributed by atoms with van der Waals surface area (Å²) in [6, 6.07) is 18.9. The van der Waals surface area contributed by atoms with Crippen LogP contribution in [0.4, 0.5) is 10.1 Å². The molecule has 2 aliphatic heterocycles. The number of carbonyl (C=O) groups is 4. The molecule has 3 aliphatic carbocycles. The van der Waals surface area contributed by atoms with Crippen molar-refractivity contribution in [2.75, 3.05) is 5.43 Å². The van der Waals surface area contributed by atoms with E-state index in [2.05, 4.69) is 5.43 Å². The van der Waals surface area contributed by atoms with Crippen LogP contribution in [-0.2, 0) is 24.6 Å². The van der Waals surface area contributed by atoms with Crippen molar-refractivity contribution in [3.05, 3.63) is 106 Å². The van der Waals surface area contributed by atoms with Crippen molar-refractivity contribution in [3.63, 3.8) is 0 Å². The minimum Gasteiger partial charge on any atom is -0.508 e. The first-order chi connectivity index (χ1) is 23.2. The number of phenolic OH excluding ortho intramolecular Hbond substituents is 1. The van der Waals surface area contributed by atoms with Crippen LogP contribution >= 0.6 is 11.6 Å². The van der Waals surface area contributed by atoms with Crippen molar-refractivity contribution in [3.8, 4) is 5.75 Å². The summed E-state index contributed by atoms with van der Waals surface area (Å²) in [5, 5.41) is 12.9. The van der Waals surface area contributed by atoms with Crippen LogP contribution in [0.1, 0.15) is 62.0 Å². The molecular formula is C38H35ClFN3O5. The number of hydrogen-bond acceptors (Lipinski definition) is 6. The van der Waals surface area contributed by atoms with Gasteiger partial charge in [0.2, 0.25) is 11.8 Å². The molecule has 0 aromatic heterocycles. The van der Waals surface area contributed by atoms with Gasteiger partial charge in [0, 0.05) is 22.5 Å². The fraction of sp³-hybridized carbons (Fsp3) is 0.368. The van der Waals surface area contributed by atoms with Crippen molar-refractivity contribution < 1.29 is 28.7 Å². The second-order valence-electron chi connectivity index (χ2n) is 13.8. The second-order valence-corrected chi connectivity index (χ2v) is 14.2. The Bertz CT molecular complexity index is 1860. The summed E-state index contributed by atoms with van der Waals surface area (Å²) in [4.78, 5) is 59.6. The summed E-state index contributed by atoms with van der Waals surface area (Å²) in [6.45, 7) is 0. The molecule has 2 heterocycles. The quantitative estimate of drug-likeness (QED) is 0.238. The van der Waals surface area contributed by atoms with E-state index in [4.69, 9.17) is 11.6 Å². The Hall–Kier alpha value is -4.50. The number of aromatic hydroxyl groups is 1. The average molecular weight is 668 g/mol. The zero-order valence-corrected chi connectivity index (χ0v) is 26.9. The van der Waals surface area contributed by atoms with Crippen molar-refractivity contribution in [1.82, 2.24) is 9.91 Å². The monoisotopic (exact) mass is 667 g/mol. The summed E-state index contributed by atoms with van der Waals surface area (Å²) in [5.41, 5.74) is 3.54. The van der Waals surface area contributed by atoms with Gasteiger partial charge in [0.25, 0.3) is 11.8 Å². The van der Waals surface area contributed by atoms with Gasteiger partial charge < -0.3 is 5.11 Å². The van der Waals surface area contributed by atoms with Crippen LogP contribution in [0.3, 0.4) is 0 Å². The largest absolute Gasteiger partial charge is 0.508 e. The second kappa shape index (κ2) is 11.6. The first-order valence-electron chi connectivity index (χ1n) is 16.7. The summed E-state index contributed by atoms with van der Waals surface area (Å²) in [5.74, 6) is -5.39. The third-order valence-electron chi connectivity index (χ3n) is 11.5. The lowest BCUT2D eigenvalue weighted by Gasteiger charge is -2.50. The zero-order chi connectivity index (χ0) is 33.3. The number of anilines is 1. The van der Waals surface area contributed by atoms with Crippen LogP contribution in [0.25, 0.3) is 0 Å². The lowest BCUT2D eigenvalue weighted by atomic mass is 9.49. The predicted octanol–water partition coefficient (Wildman–Crippen LogP) is 6.50. The number of phenols is 1. The summed E-state index contributed by atoms with van der Waals surface area (Å²) < 4.78 is 13.8. The van der Waals surface area contributed by atoms with Gasteiger partial charge in [-0.1, -0.05) is 72.8 Å². The summed E-state index contributed by atoms with van der Waals surface area (Å²) in [6.07, 6.45) is 7.09. The summed E-state index contributed by atoms with van der Waals surface area (Å²) in [7, 11) is 0. The van der Waals surface area contributed by atoms with Gasteiger partial charge >= 0.3 is 0 Å². The molecule has 6 unspecified atom stereocenters. The molecule has 8 nitrogen and oxygen atoms in total. The number of nitrogens with one attached hydrogen (secondary N) is 1. The smallest absolute Gasteiger partial charge is 0.260 e. The number of hydrogen-bond donors (Lipinski definition) is 2. The fourth-order valence-electron chi connectivity index (χ4n) is 9.45. The van der Waals surface area contributed by atoms with Crippen LogP contribution in [0.15, 0.2) is 84.4 Å². The molecule has 3 aromatic carbocycles. The van der Waals surface area contributed by atoms with Crippen molar-refractivity contribution in [2.24, 2.45) is 23.7 Å². The number of likely N-dealkylation sites (tertiary alicyclic amines) is 1. The standard InChI is InChI=1S/C38H35ClFN3O5/c39-22-12-10-21(11-13-22)38-30(35(46)43(37(38)48)41-24-16-14-23(40)15-17-24)20-29-26(33(38)27-8-4-5-9-31(27)44)18-19-28-32(29)36(47)42(34(28)45)25-6-2-1-3-7-25/h4-5,8-18,25,28-30,32-33,41,44H,1-3,6-7,19-20H2. The van der Waals surface area contributed by atoms with E-state index in [9.17, 15) is 23.9 Å². The topological polar surface area (TPSA) is 107 Å². The van der Waals surface area contributed by atoms with Gasteiger partial charge in [-0.25, -0.2) is 4.39 Å². The number of fused-ring (bicyclic) bond motifs is 4. The van der Waals surface area contributed by atoms with Gasteiger partial charge in [-0.05, 0) is 79.6 Å². The molecule has 3 aromatic rings. The van der Waals surface area contributed by atoms with E-state index < -0.39 is 52.6 Å². The molecule has 2 saturated heterocycles. The van der Waals surface area contributed by atoms with E-state index in [0.717, 1.165) is 42.7 Å². The highest BCUT2D eigenvalue weighted by molar-refractivity contribution is 6.30. The van der Waals surface area contributed by atoms with Gasteiger partial charge in [-0.3, -0.25) is 29.5 Å². The molecule has 0 spiro atoms. The Kier molecular flexibility index (Phi) is 7.43. The van der Waals surface area contributed by atoms with E-state index in [1.165, 1.54) is 29.2 Å². The first kappa shape index (κ1) is 30.8. The van der Waals surface area contributed by atoms with Crippen molar-refractivity contribution in [2.45, 2.75) is 62.3 Å². The van der Waals surface area contributed by atoms with Gasteiger partial charge in [-0.2, -0.15) is 5.01 Å². The number of allylic oxidation sites excluding steroid dienone is 2. The molecule has 48 heavy (non-hydrogen) atoms. The number of nitrogens with zero attached hydrogens (tertiary/aromatic N) is 2. The number of amides is 4. The first-order valence-corrected chi connectivity index (χ1v) is 17.1. The van der Waals surface area contributed by atoms with Gasteiger partial charge in [0.05, 0.1) is 28.9 Å². The zero-order valence-electron chi connectivity index (χ0n) is 26.1. The number of imide groups is 2. The molecule has 2 saturated carbocycles. The molecule has 8 rings (SSSR count). The van der Waals surface area contributed by atoms with Crippen molar-refractivity contribution >= 4 is 40.9 Å². The normalized spacial score (nSPS) is 30.2. The van der Waals surface area contributed by atoms with Crippen LogP contribution in [0.2, 0.25) is 5.02 Å². The minimum absolute atomic E-state index is 0.0406. The van der Waals surface area contributed by atoms with Gasteiger partial charge in [-0.15, -0.1) is 0 Å². The number of halogens is 2. The van der Waals surface area contributed by atoms with Crippen LogP contribution < -0.4 is 5.43 Å². The molecule has 0 bridgehead atoms. The maximum absolute atomic E-state index is 15.1. The Morgan fingerprint density at radius 2 is 1.54 bits per heavy atom. The van der Waals surface area contributed by atoms with E-state index in [0.29, 0.717) is 28.3 Å². The van der Waals surface area contributed by atoms with Gasteiger partial charge in [0.15, 0.2) is 0 Å². The Labute approximate surface area is 282 Å². The van der Waals surface area contributed by atoms with Crippen LogP contribution in [0, 0.1) is 29.5 Å². The molecule has 5 aliphatic rings.